The molecule has 0 amide bonds. The number of hydrogen-bond donors (Lipinski definition) is 1. The van der Waals surface area contributed by atoms with Crippen LogP contribution in [-0.4, -0.2) is 23.2 Å². The molecule has 21 heavy (non-hydrogen) atoms. The van der Waals surface area contributed by atoms with Crippen LogP contribution in [0, 0.1) is 17.5 Å². The van der Waals surface area contributed by atoms with Crippen LogP contribution in [0.5, 0.6) is 0 Å². The Bertz CT molecular complexity index is 642. The van der Waals surface area contributed by atoms with Gasteiger partial charge in [-0.2, -0.15) is 4.98 Å². The summed E-state index contributed by atoms with van der Waals surface area (Å²) < 4.78 is 44.8. The van der Waals surface area contributed by atoms with Crippen molar-refractivity contribution in [1.29, 1.82) is 0 Å². The van der Waals surface area contributed by atoms with Crippen LogP contribution in [-0.2, 0) is 5.41 Å². The van der Waals surface area contributed by atoms with E-state index in [1.807, 2.05) is 6.92 Å². The van der Waals surface area contributed by atoms with E-state index in [2.05, 4.69) is 15.5 Å². The van der Waals surface area contributed by atoms with Gasteiger partial charge in [-0.05, 0) is 31.5 Å². The lowest BCUT2D eigenvalue weighted by Gasteiger charge is -2.20. The van der Waals surface area contributed by atoms with Crippen LogP contribution < -0.4 is 5.32 Å². The van der Waals surface area contributed by atoms with Crippen molar-refractivity contribution in [2.45, 2.75) is 25.2 Å². The number of hydrogen-bond acceptors (Lipinski definition) is 4. The molecule has 7 heteroatoms. The summed E-state index contributed by atoms with van der Waals surface area (Å²) in [5.41, 5.74) is -0.193. The average molecular weight is 297 g/mol. The molecule has 1 unspecified atom stereocenters. The molecule has 2 aromatic rings. The highest BCUT2D eigenvalue weighted by molar-refractivity contribution is 5.54. The van der Waals surface area contributed by atoms with E-state index >= 15 is 0 Å². The quantitative estimate of drug-likeness (QED) is 0.885. The molecule has 1 saturated heterocycles. The lowest BCUT2D eigenvalue weighted by atomic mass is 9.84. The lowest BCUT2D eigenvalue weighted by molar-refractivity contribution is 0.285. The number of halogens is 3. The second kappa shape index (κ2) is 5.14. The van der Waals surface area contributed by atoms with E-state index < -0.39 is 17.5 Å². The van der Waals surface area contributed by atoms with Gasteiger partial charge in [0.1, 0.15) is 0 Å². The molecule has 1 atom stereocenters. The van der Waals surface area contributed by atoms with Crippen molar-refractivity contribution in [1.82, 2.24) is 15.5 Å². The third kappa shape index (κ3) is 2.31. The van der Waals surface area contributed by atoms with Gasteiger partial charge in [0.2, 0.25) is 11.7 Å². The minimum absolute atomic E-state index is 0.0543. The Morgan fingerprint density at radius 1 is 1.29 bits per heavy atom. The Balaban J connectivity index is 1.99. The van der Waals surface area contributed by atoms with Crippen molar-refractivity contribution in [2.24, 2.45) is 0 Å². The summed E-state index contributed by atoms with van der Waals surface area (Å²) in [5.74, 6) is -3.56. The summed E-state index contributed by atoms with van der Waals surface area (Å²) in [4.78, 5) is 4.24. The van der Waals surface area contributed by atoms with Gasteiger partial charge in [0.15, 0.2) is 17.5 Å². The van der Waals surface area contributed by atoms with Gasteiger partial charge in [-0.1, -0.05) is 12.1 Å². The summed E-state index contributed by atoms with van der Waals surface area (Å²) in [6.07, 6.45) is 1.67. The summed E-state index contributed by atoms with van der Waals surface area (Å²) in [6, 6.07) is 1.72. The van der Waals surface area contributed by atoms with Crippen molar-refractivity contribution >= 4 is 0 Å². The van der Waals surface area contributed by atoms with Gasteiger partial charge in [-0.15, -0.1) is 0 Å². The highest BCUT2D eigenvalue weighted by atomic mass is 19.2. The Kier molecular flexibility index (Phi) is 3.44. The maximum Gasteiger partial charge on any atom is 0.234 e. The van der Waals surface area contributed by atoms with Crippen LogP contribution in [0.15, 0.2) is 16.7 Å². The minimum Gasteiger partial charge on any atom is -0.338 e. The second-order valence-electron chi connectivity index (χ2n) is 5.24. The number of rotatable bonds is 3. The fourth-order valence-corrected chi connectivity index (χ4v) is 2.62. The SMILES string of the molecule is CCC1(c2nc(-c3cc(F)c(F)c(F)c3)no2)CCNC1. The van der Waals surface area contributed by atoms with E-state index in [0.717, 1.165) is 38.1 Å². The zero-order chi connectivity index (χ0) is 15.0. The molecule has 1 aromatic heterocycles. The Morgan fingerprint density at radius 2 is 2.00 bits per heavy atom. The molecular weight excluding hydrogens is 283 g/mol. The van der Waals surface area contributed by atoms with Crippen LogP contribution in [0.25, 0.3) is 11.4 Å². The third-order valence-electron chi connectivity index (χ3n) is 4.04. The van der Waals surface area contributed by atoms with Crippen LogP contribution in [0.4, 0.5) is 13.2 Å². The normalized spacial score (nSPS) is 21.9. The molecule has 1 N–H and O–H groups in total. The predicted molar refractivity (Wildman–Crippen MR) is 69.1 cm³/mol. The average Bonchev–Trinajstić information content (AvgIpc) is 3.13. The second-order valence-corrected chi connectivity index (χ2v) is 5.24. The molecule has 1 aliphatic heterocycles. The van der Waals surface area contributed by atoms with Crippen molar-refractivity contribution in [3.63, 3.8) is 0 Å². The van der Waals surface area contributed by atoms with Crippen molar-refractivity contribution < 1.29 is 17.7 Å². The standard InChI is InChI=1S/C14H14F3N3O/c1-2-14(3-4-18-7-14)13-19-12(20-21-13)8-5-9(15)11(17)10(16)6-8/h5-6,18H,2-4,7H2,1H3. The molecule has 2 heterocycles. The van der Waals surface area contributed by atoms with Gasteiger partial charge < -0.3 is 9.84 Å². The summed E-state index contributed by atoms with van der Waals surface area (Å²) in [7, 11) is 0. The van der Waals surface area contributed by atoms with Crippen LogP contribution in [0.1, 0.15) is 25.7 Å². The molecule has 1 aliphatic rings. The Labute approximate surface area is 119 Å². The van der Waals surface area contributed by atoms with Crippen molar-refractivity contribution in [2.75, 3.05) is 13.1 Å². The summed E-state index contributed by atoms with van der Waals surface area (Å²) in [6.45, 7) is 3.59. The molecule has 0 aliphatic carbocycles. The molecule has 0 bridgehead atoms. The van der Waals surface area contributed by atoms with E-state index in [1.54, 1.807) is 0 Å². The van der Waals surface area contributed by atoms with Crippen LogP contribution >= 0.6 is 0 Å². The number of aromatic nitrogens is 2. The molecule has 112 valence electrons. The topological polar surface area (TPSA) is 51.0 Å². The fourth-order valence-electron chi connectivity index (χ4n) is 2.62. The first-order valence-electron chi connectivity index (χ1n) is 6.75. The Hall–Kier alpha value is -1.89. The smallest absolute Gasteiger partial charge is 0.234 e. The van der Waals surface area contributed by atoms with Gasteiger partial charge in [0.05, 0.1) is 5.41 Å². The lowest BCUT2D eigenvalue weighted by Crippen LogP contribution is -2.28. The van der Waals surface area contributed by atoms with E-state index in [9.17, 15) is 13.2 Å². The minimum atomic E-state index is -1.51. The first-order valence-corrected chi connectivity index (χ1v) is 6.75. The van der Waals surface area contributed by atoms with Gasteiger partial charge >= 0.3 is 0 Å². The van der Waals surface area contributed by atoms with E-state index in [0.29, 0.717) is 5.89 Å². The summed E-state index contributed by atoms with van der Waals surface area (Å²) in [5, 5.41) is 7.01. The fraction of sp³-hybridized carbons (Fsp3) is 0.429. The number of nitrogens with one attached hydrogen (secondary N) is 1. The van der Waals surface area contributed by atoms with Crippen molar-refractivity contribution in [3.8, 4) is 11.4 Å². The molecule has 0 radical (unpaired) electrons. The largest absolute Gasteiger partial charge is 0.338 e. The van der Waals surface area contributed by atoms with E-state index in [4.69, 9.17) is 4.52 Å². The van der Waals surface area contributed by atoms with Crippen LogP contribution in [0.2, 0.25) is 0 Å². The van der Waals surface area contributed by atoms with Crippen LogP contribution in [0.3, 0.4) is 0 Å². The first kappa shape index (κ1) is 14.1. The molecule has 4 nitrogen and oxygen atoms in total. The molecule has 3 rings (SSSR count). The molecular formula is C14H14F3N3O. The molecule has 0 saturated carbocycles. The van der Waals surface area contributed by atoms with Gasteiger partial charge in [0, 0.05) is 12.1 Å². The van der Waals surface area contributed by atoms with E-state index in [-0.39, 0.29) is 16.8 Å². The number of benzene rings is 1. The van der Waals surface area contributed by atoms with Gasteiger partial charge in [-0.25, -0.2) is 13.2 Å². The van der Waals surface area contributed by atoms with Gasteiger partial charge in [-0.3, -0.25) is 0 Å². The Morgan fingerprint density at radius 3 is 2.57 bits per heavy atom. The highest BCUT2D eigenvalue weighted by Crippen LogP contribution is 2.34. The first-order chi connectivity index (χ1) is 10.1. The zero-order valence-corrected chi connectivity index (χ0v) is 11.4. The number of nitrogens with zero attached hydrogens (tertiary/aromatic N) is 2. The molecule has 1 fully saturated rings. The zero-order valence-electron chi connectivity index (χ0n) is 11.4. The third-order valence-corrected chi connectivity index (χ3v) is 4.04. The molecule has 1 aromatic carbocycles. The van der Waals surface area contributed by atoms with E-state index in [1.165, 1.54) is 0 Å². The van der Waals surface area contributed by atoms with Gasteiger partial charge in [0.25, 0.3) is 0 Å². The maximum absolute atomic E-state index is 13.3. The summed E-state index contributed by atoms with van der Waals surface area (Å²) >= 11 is 0. The maximum atomic E-state index is 13.3. The molecule has 0 spiro atoms. The van der Waals surface area contributed by atoms with Crippen molar-refractivity contribution in [3.05, 3.63) is 35.5 Å². The monoisotopic (exact) mass is 297 g/mol. The predicted octanol–water partition coefficient (Wildman–Crippen LogP) is 2.80. The highest BCUT2D eigenvalue weighted by Gasteiger charge is 2.39.